The van der Waals surface area contributed by atoms with Crippen LogP contribution in [-0.4, -0.2) is 32.5 Å². The Hall–Kier alpha value is -1.35. The molecule has 0 radical (unpaired) electrons. The van der Waals surface area contributed by atoms with E-state index in [2.05, 4.69) is 6.58 Å². The average Bonchev–Trinajstić information content (AvgIpc) is 2.57. The minimum absolute atomic E-state index is 0.0631. The number of nitriles is 1. The van der Waals surface area contributed by atoms with Crippen molar-refractivity contribution in [3.63, 3.8) is 0 Å². The molecule has 1 fully saturated rings. The number of carbonyl (C=O) groups excluding carboxylic acids is 1. The van der Waals surface area contributed by atoms with Crippen LogP contribution in [0.1, 0.15) is 12.8 Å². The number of nitrogens with zero attached hydrogens (tertiary/aromatic N) is 1. The molecule has 1 heterocycles. The Balaban J connectivity index is 2.25. The molecule has 0 N–H and O–H groups in total. The van der Waals surface area contributed by atoms with Gasteiger partial charge in [-0.1, -0.05) is 6.58 Å². The molecule has 88 valence electrons. The summed E-state index contributed by atoms with van der Waals surface area (Å²) in [6.07, 6.45) is 1.14. The van der Waals surface area contributed by atoms with Crippen molar-refractivity contribution in [1.82, 2.24) is 0 Å². The molecule has 5 nitrogen and oxygen atoms in total. The minimum atomic E-state index is -2.88. The number of esters is 1. The second kappa shape index (κ2) is 5.12. The van der Waals surface area contributed by atoms with E-state index in [1.807, 2.05) is 0 Å². The summed E-state index contributed by atoms with van der Waals surface area (Å²) < 4.78 is 27.0. The van der Waals surface area contributed by atoms with E-state index in [0.717, 1.165) is 0 Å². The van der Waals surface area contributed by atoms with E-state index in [-0.39, 0.29) is 29.6 Å². The Bertz CT molecular complexity index is 432. The van der Waals surface area contributed by atoms with Crippen molar-refractivity contribution in [2.24, 2.45) is 5.92 Å². The maximum Gasteiger partial charge on any atom is 0.348 e. The van der Waals surface area contributed by atoms with Crippen LogP contribution in [0.15, 0.2) is 12.2 Å². The van der Waals surface area contributed by atoms with Crippen molar-refractivity contribution >= 4 is 15.8 Å². The van der Waals surface area contributed by atoms with Crippen molar-refractivity contribution < 1.29 is 17.9 Å². The fourth-order valence-electron chi connectivity index (χ4n) is 1.55. The van der Waals surface area contributed by atoms with Crippen LogP contribution in [0.3, 0.4) is 0 Å². The lowest BCUT2D eigenvalue weighted by atomic mass is 10.1. The molecule has 0 aromatic carbocycles. The van der Waals surface area contributed by atoms with Crippen molar-refractivity contribution in [2.45, 2.75) is 12.8 Å². The summed E-state index contributed by atoms with van der Waals surface area (Å²) >= 11 is 0. The number of hydrogen-bond acceptors (Lipinski definition) is 5. The zero-order chi connectivity index (χ0) is 12.2. The maximum absolute atomic E-state index is 11.1. The highest BCUT2D eigenvalue weighted by Gasteiger charge is 2.27. The van der Waals surface area contributed by atoms with Crippen LogP contribution in [0.2, 0.25) is 0 Å². The lowest BCUT2D eigenvalue weighted by Gasteiger charge is -2.07. The first kappa shape index (κ1) is 12.7. The zero-order valence-electron chi connectivity index (χ0n) is 8.81. The molecule has 0 saturated carbocycles. The smallest absolute Gasteiger partial charge is 0.348 e. The van der Waals surface area contributed by atoms with Gasteiger partial charge in [0.05, 0.1) is 18.1 Å². The van der Waals surface area contributed by atoms with Crippen LogP contribution >= 0.6 is 0 Å². The zero-order valence-corrected chi connectivity index (χ0v) is 9.62. The molecule has 6 heteroatoms. The predicted molar refractivity (Wildman–Crippen MR) is 57.1 cm³/mol. The first-order valence-electron chi connectivity index (χ1n) is 4.91. The Labute approximate surface area is 94.6 Å². The van der Waals surface area contributed by atoms with Crippen LogP contribution in [0, 0.1) is 17.2 Å². The normalized spacial score (nSPS) is 22.3. The Morgan fingerprint density at radius 1 is 1.56 bits per heavy atom. The molecule has 0 bridgehead atoms. The number of rotatable bonds is 4. The molecule has 0 aromatic heterocycles. The highest BCUT2D eigenvalue weighted by atomic mass is 32.2. The van der Waals surface area contributed by atoms with E-state index in [1.54, 1.807) is 6.07 Å². The monoisotopic (exact) mass is 243 g/mol. The first-order valence-corrected chi connectivity index (χ1v) is 6.73. The molecule has 1 atom stereocenters. The van der Waals surface area contributed by atoms with E-state index >= 15 is 0 Å². The summed E-state index contributed by atoms with van der Waals surface area (Å²) in [6, 6.07) is 1.59. The number of hydrogen-bond donors (Lipinski definition) is 0. The molecule has 1 rings (SSSR count). The summed E-state index contributed by atoms with van der Waals surface area (Å²) in [6.45, 7) is 3.35. The summed E-state index contributed by atoms with van der Waals surface area (Å²) in [4.78, 5) is 11.0. The van der Waals surface area contributed by atoms with Gasteiger partial charge in [-0.25, -0.2) is 13.2 Å². The standard InChI is InChI=1S/C10H13NO4S/c1-8(6-11)10(12)15-4-2-9-3-5-16(13,14)7-9/h9H,1-5,7H2. The fraction of sp³-hybridized carbons (Fsp3) is 0.600. The van der Waals surface area contributed by atoms with Gasteiger partial charge >= 0.3 is 5.97 Å². The molecule has 0 spiro atoms. The van der Waals surface area contributed by atoms with E-state index < -0.39 is 15.8 Å². The molecule has 1 aliphatic heterocycles. The van der Waals surface area contributed by atoms with Crippen LogP contribution in [0.5, 0.6) is 0 Å². The van der Waals surface area contributed by atoms with E-state index in [0.29, 0.717) is 12.8 Å². The van der Waals surface area contributed by atoms with Gasteiger partial charge in [0.25, 0.3) is 0 Å². The second-order valence-corrected chi connectivity index (χ2v) is 6.01. The van der Waals surface area contributed by atoms with E-state index in [9.17, 15) is 13.2 Å². The van der Waals surface area contributed by atoms with Gasteiger partial charge in [-0.2, -0.15) is 5.26 Å². The van der Waals surface area contributed by atoms with Gasteiger partial charge in [-0.15, -0.1) is 0 Å². The molecule has 1 saturated heterocycles. The van der Waals surface area contributed by atoms with Crippen molar-refractivity contribution in [1.29, 1.82) is 5.26 Å². The molecule has 0 amide bonds. The van der Waals surface area contributed by atoms with Crippen LogP contribution < -0.4 is 0 Å². The molecule has 1 unspecified atom stereocenters. The number of sulfone groups is 1. The van der Waals surface area contributed by atoms with Gasteiger partial charge in [0.1, 0.15) is 11.6 Å². The van der Waals surface area contributed by atoms with E-state index in [1.165, 1.54) is 0 Å². The molecule has 16 heavy (non-hydrogen) atoms. The molecular formula is C10H13NO4S. The summed E-state index contributed by atoms with van der Waals surface area (Å²) in [7, 11) is -2.88. The Morgan fingerprint density at radius 2 is 2.25 bits per heavy atom. The van der Waals surface area contributed by atoms with Crippen LogP contribution in [0.4, 0.5) is 0 Å². The molecule has 1 aliphatic rings. The highest BCUT2D eigenvalue weighted by molar-refractivity contribution is 7.91. The first-order chi connectivity index (χ1) is 7.44. The SMILES string of the molecule is C=C(C#N)C(=O)OCCC1CCS(=O)(=O)C1. The Morgan fingerprint density at radius 3 is 2.75 bits per heavy atom. The molecular weight excluding hydrogens is 230 g/mol. The average molecular weight is 243 g/mol. The summed E-state index contributed by atoms with van der Waals surface area (Å²) in [5.41, 5.74) is -0.237. The van der Waals surface area contributed by atoms with Crippen molar-refractivity contribution in [2.75, 3.05) is 18.1 Å². The predicted octanol–water partition coefficient (Wildman–Crippen LogP) is 0.434. The second-order valence-electron chi connectivity index (χ2n) is 3.78. The van der Waals surface area contributed by atoms with Crippen LogP contribution in [-0.2, 0) is 19.4 Å². The van der Waals surface area contributed by atoms with Gasteiger partial charge < -0.3 is 4.74 Å². The number of carbonyl (C=O) groups is 1. The van der Waals surface area contributed by atoms with Gasteiger partial charge in [0.15, 0.2) is 9.84 Å². The summed E-state index contributed by atoms with van der Waals surface area (Å²) in [5.74, 6) is -0.281. The number of ether oxygens (including phenoxy) is 1. The van der Waals surface area contributed by atoms with Crippen LogP contribution in [0.25, 0.3) is 0 Å². The molecule has 0 aliphatic carbocycles. The van der Waals surface area contributed by atoms with Crippen molar-refractivity contribution in [3.8, 4) is 6.07 Å². The van der Waals surface area contributed by atoms with Gasteiger partial charge in [0.2, 0.25) is 0 Å². The maximum atomic E-state index is 11.1. The van der Waals surface area contributed by atoms with Crippen molar-refractivity contribution in [3.05, 3.63) is 12.2 Å². The third-order valence-corrected chi connectivity index (χ3v) is 4.30. The third kappa shape index (κ3) is 3.66. The van der Waals surface area contributed by atoms with Gasteiger partial charge in [-0.05, 0) is 18.8 Å². The lowest BCUT2D eigenvalue weighted by Crippen LogP contribution is -2.12. The topological polar surface area (TPSA) is 84.2 Å². The van der Waals surface area contributed by atoms with Gasteiger partial charge in [0, 0.05) is 0 Å². The quantitative estimate of drug-likeness (QED) is 0.406. The third-order valence-electron chi connectivity index (χ3n) is 2.47. The lowest BCUT2D eigenvalue weighted by molar-refractivity contribution is -0.138. The van der Waals surface area contributed by atoms with Gasteiger partial charge in [-0.3, -0.25) is 0 Å². The van der Waals surface area contributed by atoms with E-state index in [4.69, 9.17) is 10.00 Å². The minimum Gasteiger partial charge on any atom is -0.462 e. The highest BCUT2D eigenvalue weighted by Crippen LogP contribution is 2.21. The fourth-order valence-corrected chi connectivity index (χ4v) is 3.46. The Kier molecular flexibility index (Phi) is 4.07. The largest absolute Gasteiger partial charge is 0.462 e. The summed E-state index contributed by atoms with van der Waals surface area (Å²) in [5, 5.41) is 8.35. The molecule has 0 aromatic rings.